The summed E-state index contributed by atoms with van der Waals surface area (Å²) in [6.07, 6.45) is 2.16. The molecule has 1 atom stereocenters. The summed E-state index contributed by atoms with van der Waals surface area (Å²) in [4.78, 5) is 28.0. The van der Waals surface area contributed by atoms with Crippen molar-refractivity contribution in [3.63, 3.8) is 0 Å². The van der Waals surface area contributed by atoms with E-state index in [1.165, 1.54) is 4.90 Å². The van der Waals surface area contributed by atoms with E-state index >= 15 is 0 Å². The average Bonchev–Trinajstić information content (AvgIpc) is 2.77. The summed E-state index contributed by atoms with van der Waals surface area (Å²) in [6, 6.07) is 9.54. The third-order valence-corrected chi connectivity index (χ3v) is 7.44. The van der Waals surface area contributed by atoms with Crippen LogP contribution >= 0.6 is 23.2 Å². The molecule has 2 rings (SSSR count). The number of carbonyl (C=O) groups is 2. The highest BCUT2D eigenvalue weighted by atomic mass is 35.5. The summed E-state index contributed by atoms with van der Waals surface area (Å²) >= 11 is 12.2. The number of hydrogen-bond donors (Lipinski definition) is 1. The van der Waals surface area contributed by atoms with Crippen LogP contribution in [0.3, 0.4) is 0 Å². The van der Waals surface area contributed by atoms with Gasteiger partial charge in [0.2, 0.25) is 21.8 Å². The van der Waals surface area contributed by atoms with Crippen LogP contribution in [0, 0.1) is 13.8 Å². The molecule has 2 aromatic carbocycles. The van der Waals surface area contributed by atoms with E-state index in [4.69, 9.17) is 23.2 Å². The second kappa shape index (κ2) is 12.6. The minimum Gasteiger partial charge on any atom is -0.354 e. The smallest absolute Gasteiger partial charge is 0.244 e. The number of nitrogens with zero attached hydrogens (tertiary/aromatic N) is 2. The Morgan fingerprint density at radius 1 is 1.03 bits per heavy atom. The fourth-order valence-corrected chi connectivity index (χ4v) is 5.03. The molecule has 35 heavy (non-hydrogen) atoms. The first-order valence-electron chi connectivity index (χ1n) is 11.4. The Hall–Kier alpha value is -2.29. The van der Waals surface area contributed by atoms with Crippen molar-refractivity contribution in [3.05, 3.63) is 63.1 Å². The van der Waals surface area contributed by atoms with Gasteiger partial charge in [0.1, 0.15) is 12.6 Å². The molecule has 7 nitrogen and oxygen atoms in total. The topological polar surface area (TPSA) is 86.8 Å². The monoisotopic (exact) mass is 541 g/mol. The lowest BCUT2D eigenvalue weighted by Crippen LogP contribution is -2.52. The summed E-state index contributed by atoms with van der Waals surface area (Å²) < 4.78 is 26.5. The van der Waals surface area contributed by atoms with E-state index in [0.717, 1.165) is 28.1 Å². The van der Waals surface area contributed by atoms with Gasteiger partial charge in [0.05, 0.1) is 22.0 Å². The number of halogens is 2. The van der Waals surface area contributed by atoms with E-state index in [1.807, 2.05) is 26.8 Å². The number of nitrogens with one attached hydrogen (secondary N) is 1. The van der Waals surface area contributed by atoms with Gasteiger partial charge in [-0.1, -0.05) is 60.8 Å². The molecule has 2 aromatic rings. The second-order valence-corrected chi connectivity index (χ2v) is 11.3. The molecule has 0 aliphatic rings. The van der Waals surface area contributed by atoms with Crippen molar-refractivity contribution in [1.82, 2.24) is 10.2 Å². The Morgan fingerprint density at radius 3 is 2.26 bits per heavy atom. The van der Waals surface area contributed by atoms with Crippen molar-refractivity contribution < 1.29 is 18.0 Å². The number of rotatable bonds is 11. The van der Waals surface area contributed by atoms with E-state index in [9.17, 15) is 18.0 Å². The van der Waals surface area contributed by atoms with Crippen molar-refractivity contribution in [2.75, 3.05) is 23.7 Å². The molecule has 0 heterocycles. The van der Waals surface area contributed by atoms with E-state index in [-0.39, 0.29) is 12.5 Å². The predicted molar refractivity (Wildman–Crippen MR) is 142 cm³/mol. The van der Waals surface area contributed by atoms with Gasteiger partial charge in [0, 0.05) is 13.1 Å². The molecule has 0 unspecified atom stereocenters. The van der Waals surface area contributed by atoms with Crippen LogP contribution in [-0.2, 0) is 26.2 Å². The zero-order chi connectivity index (χ0) is 26.3. The quantitative estimate of drug-likeness (QED) is 0.446. The van der Waals surface area contributed by atoms with Crippen molar-refractivity contribution in [1.29, 1.82) is 0 Å². The van der Waals surface area contributed by atoms with Crippen LogP contribution in [0.25, 0.3) is 0 Å². The van der Waals surface area contributed by atoms with Gasteiger partial charge in [-0.15, -0.1) is 0 Å². The fourth-order valence-electron chi connectivity index (χ4n) is 3.80. The van der Waals surface area contributed by atoms with Crippen LogP contribution in [0.2, 0.25) is 10.0 Å². The normalized spacial score (nSPS) is 12.2. The molecule has 2 amide bonds. The van der Waals surface area contributed by atoms with Crippen molar-refractivity contribution in [2.24, 2.45) is 0 Å². The molecule has 0 bridgehead atoms. The summed E-state index contributed by atoms with van der Waals surface area (Å²) in [5.74, 6) is -0.792. The van der Waals surface area contributed by atoms with Gasteiger partial charge in [0.15, 0.2) is 0 Å². The number of amides is 2. The highest BCUT2D eigenvalue weighted by Gasteiger charge is 2.32. The minimum atomic E-state index is -3.79. The lowest BCUT2D eigenvalue weighted by atomic mass is 10.1. The third-order valence-electron chi connectivity index (χ3n) is 5.57. The Bertz CT molecular complexity index is 1170. The number of anilines is 1. The lowest BCUT2D eigenvalue weighted by molar-refractivity contribution is -0.140. The van der Waals surface area contributed by atoms with E-state index in [0.29, 0.717) is 34.3 Å². The number of sulfonamides is 1. The highest BCUT2D eigenvalue weighted by molar-refractivity contribution is 7.92. The first-order chi connectivity index (χ1) is 16.4. The summed E-state index contributed by atoms with van der Waals surface area (Å²) in [7, 11) is -3.79. The molecule has 0 aliphatic carbocycles. The number of aryl methyl sites for hydroxylation is 2. The molecular weight excluding hydrogens is 509 g/mol. The Balaban J connectivity index is 2.48. The molecule has 0 fully saturated rings. The zero-order valence-electron chi connectivity index (χ0n) is 20.8. The standard InChI is InChI=1S/C25H33Cl2N3O4S/c1-6-12-28-25(32)22(7-2)29(15-19-9-10-20(26)21(27)14-19)24(31)16-30(35(5,33)34)23-11-8-17(3)13-18(23)4/h8-11,13-14,22H,6-7,12,15-16H2,1-5H3,(H,28,32)/t22-/m1/s1. The third kappa shape index (κ3) is 7.85. The Morgan fingerprint density at radius 2 is 1.71 bits per heavy atom. The van der Waals surface area contributed by atoms with Crippen LogP contribution in [0.15, 0.2) is 36.4 Å². The van der Waals surface area contributed by atoms with Crippen LogP contribution in [0.5, 0.6) is 0 Å². The van der Waals surface area contributed by atoms with E-state index < -0.39 is 28.5 Å². The van der Waals surface area contributed by atoms with Gasteiger partial charge >= 0.3 is 0 Å². The maximum absolute atomic E-state index is 13.7. The van der Waals surface area contributed by atoms with Crippen molar-refractivity contribution in [2.45, 2.75) is 53.1 Å². The van der Waals surface area contributed by atoms with E-state index in [2.05, 4.69) is 5.32 Å². The van der Waals surface area contributed by atoms with Crippen LogP contribution in [-0.4, -0.2) is 50.5 Å². The van der Waals surface area contributed by atoms with Crippen molar-refractivity contribution in [3.8, 4) is 0 Å². The van der Waals surface area contributed by atoms with Crippen LogP contribution < -0.4 is 9.62 Å². The van der Waals surface area contributed by atoms with Crippen LogP contribution in [0.4, 0.5) is 5.69 Å². The molecule has 10 heteroatoms. The molecule has 0 spiro atoms. The molecule has 0 aromatic heterocycles. The van der Waals surface area contributed by atoms with Gasteiger partial charge < -0.3 is 10.2 Å². The second-order valence-electron chi connectivity index (χ2n) is 8.54. The molecular formula is C25H33Cl2N3O4S. The zero-order valence-corrected chi connectivity index (χ0v) is 23.1. The Kier molecular flexibility index (Phi) is 10.4. The number of benzene rings is 2. The van der Waals surface area contributed by atoms with Crippen LogP contribution in [0.1, 0.15) is 43.4 Å². The van der Waals surface area contributed by atoms with Gasteiger partial charge in [-0.25, -0.2) is 8.42 Å². The maximum Gasteiger partial charge on any atom is 0.244 e. The lowest BCUT2D eigenvalue weighted by Gasteiger charge is -2.33. The van der Waals surface area contributed by atoms with Gasteiger partial charge in [-0.05, 0) is 56.0 Å². The fraction of sp³-hybridized carbons (Fsp3) is 0.440. The predicted octanol–water partition coefficient (Wildman–Crippen LogP) is 4.71. The SMILES string of the molecule is CCCNC(=O)[C@@H](CC)N(Cc1ccc(Cl)c(Cl)c1)C(=O)CN(c1ccc(C)cc1C)S(C)(=O)=O. The first-order valence-corrected chi connectivity index (χ1v) is 14.1. The number of carbonyl (C=O) groups excluding carboxylic acids is 2. The molecule has 0 radical (unpaired) electrons. The molecule has 192 valence electrons. The number of hydrogen-bond acceptors (Lipinski definition) is 4. The largest absolute Gasteiger partial charge is 0.354 e. The van der Waals surface area contributed by atoms with Gasteiger partial charge in [-0.2, -0.15) is 0 Å². The molecule has 0 saturated carbocycles. The average molecular weight is 543 g/mol. The molecule has 0 aliphatic heterocycles. The minimum absolute atomic E-state index is 0.0677. The molecule has 0 saturated heterocycles. The van der Waals surface area contributed by atoms with E-state index in [1.54, 1.807) is 37.3 Å². The summed E-state index contributed by atoms with van der Waals surface area (Å²) in [5.41, 5.74) is 2.80. The summed E-state index contributed by atoms with van der Waals surface area (Å²) in [5, 5.41) is 3.54. The summed E-state index contributed by atoms with van der Waals surface area (Å²) in [6.45, 7) is 7.55. The van der Waals surface area contributed by atoms with Gasteiger partial charge in [-0.3, -0.25) is 13.9 Å². The van der Waals surface area contributed by atoms with Crippen molar-refractivity contribution >= 4 is 50.7 Å². The molecule has 1 N–H and O–H groups in total. The van der Waals surface area contributed by atoms with Gasteiger partial charge in [0.25, 0.3) is 0 Å². The maximum atomic E-state index is 13.7. The highest BCUT2D eigenvalue weighted by Crippen LogP contribution is 2.26. The first kappa shape index (κ1) is 28.9. The Labute approximate surface area is 218 Å².